The lowest BCUT2D eigenvalue weighted by Crippen LogP contribution is -2.20. The first-order valence-corrected chi connectivity index (χ1v) is 4.72. The molecule has 6 heteroatoms. The Morgan fingerprint density at radius 3 is 2.79 bits per heavy atom. The van der Waals surface area contributed by atoms with Gasteiger partial charge in [-0.15, -0.1) is 5.10 Å². The molecule has 1 aromatic heterocycles. The van der Waals surface area contributed by atoms with Gasteiger partial charge in [-0.05, 0) is 21.0 Å². The summed E-state index contributed by atoms with van der Waals surface area (Å²) < 4.78 is 1.71. The summed E-state index contributed by atoms with van der Waals surface area (Å²) in [5, 5.41) is 7.23. The molecule has 80 valence electrons. The molecule has 1 rings (SSSR count). The Morgan fingerprint density at radius 1 is 1.50 bits per heavy atom. The molecule has 6 nitrogen and oxygen atoms in total. The van der Waals surface area contributed by atoms with Gasteiger partial charge in [0.25, 0.3) is 0 Å². The highest BCUT2D eigenvalue weighted by Crippen LogP contribution is 2.04. The van der Waals surface area contributed by atoms with Crippen LogP contribution in [0.4, 0.5) is 11.9 Å². The fraction of sp³-hybridized carbons (Fsp3) is 0.750. The van der Waals surface area contributed by atoms with Gasteiger partial charge in [-0.2, -0.15) is 4.98 Å². The molecule has 0 saturated heterocycles. The summed E-state index contributed by atoms with van der Waals surface area (Å²) in [5.41, 5.74) is 5.69. The Kier molecular flexibility index (Phi) is 3.70. The van der Waals surface area contributed by atoms with Gasteiger partial charge >= 0.3 is 0 Å². The molecule has 0 aliphatic heterocycles. The van der Waals surface area contributed by atoms with Crippen LogP contribution in [0.15, 0.2) is 0 Å². The van der Waals surface area contributed by atoms with Crippen LogP contribution in [-0.4, -0.2) is 46.8 Å². The van der Waals surface area contributed by atoms with Crippen molar-refractivity contribution in [1.29, 1.82) is 0 Å². The highest BCUT2D eigenvalue weighted by atomic mass is 15.4. The number of hydrogen-bond donors (Lipinski definition) is 2. The normalized spacial score (nSPS) is 10.9. The Hall–Kier alpha value is -1.30. The summed E-state index contributed by atoms with van der Waals surface area (Å²) in [4.78, 5) is 6.16. The minimum absolute atomic E-state index is 0.461. The van der Waals surface area contributed by atoms with Crippen molar-refractivity contribution in [3.8, 4) is 0 Å². The molecule has 0 radical (unpaired) electrons. The number of nitrogens with two attached hydrogens (primary N) is 1. The fourth-order valence-electron chi connectivity index (χ4n) is 1.05. The van der Waals surface area contributed by atoms with Crippen molar-refractivity contribution in [2.24, 2.45) is 0 Å². The summed E-state index contributed by atoms with van der Waals surface area (Å²) in [6, 6.07) is 0. The maximum atomic E-state index is 5.69. The number of aromatic nitrogens is 3. The maximum Gasteiger partial charge on any atom is 0.243 e. The van der Waals surface area contributed by atoms with Gasteiger partial charge in [0.2, 0.25) is 11.9 Å². The first kappa shape index (κ1) is 10.8. The van der Waals surface area contributed by atoms with Gasteiger partial charge in [0.1, 0.15) is 0 Å². The molecule has 0 unspecified atom stereocenters. The van der Waals surface area contributed by atoms with Crippen LogP contribution in [0.1, 0.15) is 6.92 Å². The minimum atomic E-state index is 0.461. The van der Waals surface area contributed by atoms with Crippen molar-refractivity contribution < 1.29 is 0 Å². The molecule has 0 spiro atoms. The van der Waals surface area contributed by atoms with Crippen molar-refractivity contribution in [2.75, 3.05) is 38.2 Å². The van der Waals surface area contributed by atoms with Crippen LogP contribution in [0.25, 0.3) is 0 Å². The molecular formula is C8H18N6. The fourth-order valence-corrected chi connectivity index (χ4v) is 1.05. The van der Waals surface area contributed by atoms with E-state index in [9.17, 15) is 0 Å². The van der Waals surface area contributed by atoms with Gasteiger partial charge in [0.05, 0.1) is 6.54 Å². The lowest BCUT2D eigenvalue weighted by atomic mass is 10.6. The van der Waals surface area contributed by atoms with Crippen molar-refractivity contribution in [2.45, 2.75) is 13.5 Å². The molecule has 0 amide bonds. The first-order chi connectivity index (χ1) is 6.63. The molecule has 0 aromatic carbocycles. The van der Waals surface area contributed by atoms with E-state index in [1.807, 2.05) is 21.0 Å². The van der Waals surface area contributed by atoms with Crippen LogP contribution >= 0.6 is 0 Å². The van der Waals surface area contributed by atoms with Crippen molar-refractivity contribution in [1.82, 2.24) is 19.7 Å². The SMILES string of the molecule is CCNc1nc(N)n(CCN(C)C)n1. The van der Waals surface area contributed by atoms with E-state index in [4.69, 9.17) is 5.73 Å². The van der Waals surface area contributed by atoms with Crippen LogP contribution in [0.2, 0.25) is 0 Å². The molecule has 0 fully saturated rings. The Balaban J connectivity index is 2.58. The highest BCUT2D eigenvalue weighted by molar-refractivity contribution is 5.30. The van der Waals surface area contributed by atoms with E-state index in [1.54, 1.807) is 4.68 Å². The van der Waals surface area contributed by atoms with Crippen LogP contribution in [0.5, 0.6) is 0 Å². The zero-order valence-corrected chi connectivity index (χ0v) is 8.99. The third-order valence-electron chi connectivity index (χ3n) is 1.79. The molecule has 1 aromatic rings. The van der Waals surface area contributed by atoms with Gasteiger partial charge in [-0.1, -0.05) is 0 Å². The van der Waals surface area contributed by atoms with E-state index < -0.39 is 0 Å². The topological polar surface area (TPSA) is 72.0 Å². The number of rotatable bonds is 5. The number of nitrogens with zero attached hydrogens (tertiary/aromatic N) is 4. The summed E-state index contributed by atoms with van der Waals surface area (Å²) in [6.07, 6.45) is 0. The lowest BCUT2D eigenvalue weighted by Gasteiger charge is -2.08. The summed E-state index contributed by atoms with van der Waals surface area (Å²) in [7, 11) is 4.02. The van der Waals surface area contributed by atoms with Crippen molar-refractivity contribution in [3.05, 3.63) is 0 Å². The number of nitrogens with one attached hydrogen (secondary N) is 1. The van der Waals surface area contributed by atoms with Gasteiger partial charge in [0.15, 0.2) is 0 Å². The monoisotopic (exact) mass is 198 g/mol. The van der Waals surface area contributed by atoms with Crippen LogP contribution in [-0.2, 0) is 6.54 Å². The third kappa shape index (κ3) is 2.88. The molecule has 0 atom stereocenters. The molecule has 3 N–H and O–H groups in total. The van der Waals surface area contributed by atoms with Crippen LogP contribution in [0.3, 0.4) is 0 Å². The summed E-state index contributed by atoms with van der Waals surface area (Å²) in [5.74, 6) is 1.06. The Morgan fingerprint density at radius 2 is 2.21 bits per heavy atom. The van der Waals surface area contributed by atoms with E-state index in [0.717, 1.165) is 19.6 Å². The minimum Gasteiger partial charge on any atom is -0.368 e. The average Bonchev–Trinajstić information content (AvgIpc) is 2.44. The largest absolute Gasteiger partial charge is 0.368 e. The second-order valence-electron chi connectivity index (χ2n) is 3.35. The van der Waals surface area contributed by atoms with E-state index in [1.165, 1.54) is 0 Å². The quantitative estimate of drug-likeness (QED) is 0.688. The van der Waals surface area contributed by atoms with E-state index >= 15 is 0 Å². The number of nitrogen functional groups attached to an aromatic ring is 1. The Labute approximate surface area is 84.1 Å². The second kappa shape index (κ2) is 4.80. The maximum absolute atomic E-state index is 5.69. The van der Waals surface area contributed by atoms with E-state index in [0.29, 0.717) is 11.9 Å². The summed E-state index contributed by atoms with van der Waals surface area (Å²) in [6.45, 7) is 4.46. The van der Waals surface area contributed by atoms with Gasteiger partial charge in [0, 0.05) is 13.1 Å². The third-order valence-corrected chi connectivity index (χ3v) is 1.79. The molecule has 0 saturated carbocycles. The second-order valence-corrected chi connectivity index (χ2v) is 3.35. The van der Waals surface area contributed by atoms with Gasteiger partial charge < -0.3 is 16.0 Å². The van der Waals surface area contributed by atoms with Crippen LogP contribution < -0.4 is 11.1 Å². The predicted molar refractivity (Wildman–Crippen MR) is 57.2 cm³/mol. The molecule has 14 heavy (non-hydrogen) atoms. The number of hydrogen-bond acceptors (Lipinski definition) is 5. The van der Waals surface area contributed by atoms with Gasteiger partial charge in [-0.3, -0.25) is 0 Å². The average molecular weight is 198 g/mol. The first-order valence-electron chi connectivity index (χ1n) is 4.72. The molecule has 0 aliphatic carbocycles. The predicted octanol–water partition coefficient (Wildman–Crippen LogP) is -0.146. The zero-order chi connectivity index (χ0) is 10.6. The van der Waals surface area contributed by atoms with E-state index in [2.05, 4.69) is 20.3 Å². The van der Waals surface area contributed by atoms with Crippen molar-refractivity contribution >= 4 is 11.9 Å². The zero-order valence-electron chi connectivity index (χ0n) is 8.99. The van der Waals surface area contributed by atoms with E-state index in [-0.39, 0.29) is 0 Å². The number of likely N-dealkylation sites (N-methyl/N-ethyl adjacent to an activating group) is 1. The van der Waals surface area contributed by atoms with Gasteiger partial charge in [-0.25, -0.2) is 4.68 Å². The Bertz CT molecular complexity index is 279. The van der Waals surface area contributed by atoms with Crippen LogP contribution in [0, 0.1) is 0 Å². The standard InChI is InChI=1S/C8H18N6/c1-4-10-8-11-7(9)14(12-8)6-5-13(2)3/h4-6H2,1-3H3,(H3,9,10,11,12). The smallest absolute Gasteiger partial charge is 0.243 e. The molecule has 0 bridgehead atoms. The van der Waals surface area contributed by atoms with Crippen molar-refractivity contribution in [3.63, 3.8) is 0 Å². The highest BCUT2D eigenvalue weighted by Gasteiger charge is 2.05. The summed E-state index contributed by atoms with van der Waals surface area (Å²) >= 11 is 0. The molecule has 1 heterocycles. The molecular weight excluding hydrogens is 180 g/mol. The lowest BCUT2D eigenvalue weighted by molar-refractivity contribution is 0.375. The number of anilines is 2. The molecule has 0 aliphatic rings.